The van der Waals surface area contributed by atoms with Gasteiger partial charge in [0.05, 0.1) is 0 Å². The number of cyclic esters (lactones) is 2. The van der Waals surface area contributed by atoms with Crippen molar-refractivity contribution in [2.75, 3.05) is 0 Å². The number of rotatable bonds is 0. The zero-order valence-electron chi connectivity index (χ0n) is 8.12. The Bertz CT molecular complexity index is 456. The van der Waals surface area contributed by atoms with Gasteiger partial charge in [-0.15, -0.1) is 0 Å². The Morgan fingerprint density at radius 3 is 1.53 bits per heavy atom. The molecule has 78 valence electrons. The molecule has 1 aliphatic heterocycles. The number of carbonyl (C=O) groups is 2. The molecule has 2 N–H and O–H groups in total. The molecule has 15 heavy (non-hydrogen) atoms. The fraction of sp³-hybridized carbons (Fsp3) is 0.200. The minimum absolute atomic E-state index is 0.249. The maximum Gasteiger partial charge on any atom is 0.350 e. The van der Waals surface area contributed by atoms with Crippen molar-refractivity contribution in [1.29, 1.82) is 0 Å². The molecule has 0 aromatic heterocycles. The Morgan fingerprint density at radius 1 is 0.867 bits per heavy atom. The topological polar surface area (TPSA) is 83.8 Å². The first-order valence-corrected chi connectivity index (χ1v) is 4.26. The molecular formula is C10H8O5. The Morgan fingerprint density at radius 2 is 1.20 bits per heavy atom. The molecule has 2 rings (SSSR count). The molecule has 0 bridgehead atoms. The number of benzene rings is 1. The highest BCUT2D eigenvalue weighted by Crippen LogP contribution is 2.40. The van der Waals surface area contributed by atoms with Crippen molar-refractivity contribution < 1.29 is 24.5 Å². The lowest BCUT2D eigenvalue weighted by Crippen LogP contribution is -1.97. The summed E-state index contributed by atoms with van der Waals surface area (Å²) >= 11 is 0. The first-order chi connectivity index (χ1) is 6.95. The zero-order valence-corrected chi connectivity index (χ0v) is 8.12. The summed E-state index contributed by atoms with van der Waals surface area (Å²) in [5.74, 6) is -2.47. The van der Waals surface area contributed by atoms with Gasteiger partial charge in [0.1, 0.15) is 22.6 Å². The van der Waals surface area contributed by atoms with Crippen molar-refractivity contribution in [2.24, 2.45) is 0 Å². The fourth-order valence-corrected chi connectivity index (χ4v) is 1.55. The predicted molar refractivity (Wildman–Crippen MR) is 49.0 cm³/mol. The maximum absolute atomic E-state index is 11.2. The minimum atomic E-state index is -0.925. The summed E-state index contributed by atoms with van der Waals surface area (Å²) in [5, 5.41) is 19.3. The van der Waals surface area contributed by atoms with E-state index in [0.717, 1.165) is 0 Å². The van der Waals surface area contributed by atoms with E-state index in [1.165, 1.54) is 0 Å². The predicted octanol–water partition coefficient (Wildman–Crippen LogP) is 1.03. The van der Waals surface area contributed by atoms with E-state index in [-0.39, 0.29) is 22.6 Å². The lowest BCUT2D eigenvalue weighted by atomic mass is 9.98. The Balaban J connectivity index is 2.92. The van der Waals surface area contributed by atoms with E-state index >= 15 is 0 Å². The van der Waals surface area contributed by atoms with Gasteiger partial charge in [0.25, 0.3) is 0 Å². The van der Waals surface area contributed by atoms with E-state index in [1.807, 2.05) is 0 Å². The highest BCUT2D eigenvalue weighted by Gasteiger charge is 2.37. The number of hydrogen-bond donors (Lipinski definition) is 2. The molecule has 0 saturated heterocycles. The summed E-state index contributed by atoms with van der Waals surface area (Å²) in [7, 11) is 0. The van der Waals surface area contributed by atoms with Crippen LogP contribution in [-0.4, -0.2) is 22.2 Å². The molecule has 0 aliphatic carbocycles. The van der Waals surface area contributed by atoms with Crippen LogP contribution in [0, 0.1) is 13.8 Å². The summed E-state index contributed by atoms with van der Waals surface area (Å²) in [6.07, 6.45) is 0. The van der Waals surface area contributed by atoms with Crippen molar-refractivity contribution >= 4 is 11.9 Å². The lowest BCUT2D eigenvalue weighted by Gasteiger charge is -2.08. The number of aromatic hydroxyl groups is 2. The molecule has 1 aliphatic rings. The SMILES string of the molecule is Cc1c(C)c(O)c2c(c1O)C(=O)OC2=O. The van der Waals surface area contributed by atoms with Gasteiger partial charge in [-0.2, -0.15) is 0 Å². The van der Waals surface area contributed by atoms with E-state index < -0.39 is 11.9 Å². The van der Waals surface area contributed by atoms with E-state index in [0.29, 0.717) is 11.1 Å². The fourth-order valence-electron chi connectivity index (χ4n) is 1.55. The van der Waals surface area contributed by atoms with Gasteiger partial charge >= 0.3 is 11.9 Å². The van der Waals surface area contributed by atoms with E-state index in [4.69, 9.17) is 0 Å². The smallest absolute Gasteiger partial charge is 0.350 e. The van der Waals surface area contributed by atoms with E-state index in [9.17, 15) is 19.8 Å². The first-order valence-electron chi connectivity index (χ1n) is 4.26. The van der Waals surface area contributed by atoms with Crippen LogP contribution in [0.2, 0.25) is 0 Å². The standard InChI is InChI=1S/C10H8O5/c1-3-4(2)8(12)6-5(7(3)11)9(13)15-10(6)14/h11-12H,1-2H3. The van der Waals surface area contributed by atoms with Gasteiger partial charge in [0, 0.05) is 0 Å². The molecule has 0 radical (unpaired) electrons. The number of phenols is 2. The number of esters is 2. The highest BCUT2D eigenvalue weighted by atomic mass is 16.6. The summed E-state index contributed by atoms with van der Waals surface area (Å²) in [6, 6.07) is 0. The molecule has 5 nitrogen and oxygen atoms in total. The quantitative estimate of drug-likeness (QED) is 0.378. The highest BCUT2D eigenvalue weighted by molar-refractivity contribution is 6.18. The number of ether oxygens (including phenoxy) is 1. The number of phenolic OH excluding ortho intramolecular Hbond substituents is 2. The number of carbonyl (C=O) groups excluding carboxylic acids is 2. The molecule has 0 atom stereocenters. The van der Waals surface area contributed by atoms with E-state index in [2.05, 4.69) is 4.74 Å². The largest absolute Gasteiger partial charge is 0.507 e. The number of hydrogen-bond acceptors (Lipinski definition) is 5. The van der Waals surface area contributed by atoms with Gasteiger partial charge in [0.15, 0.2) is 0 Å². The molecule has 0 amide bonds. The van der Waals surface area contributed by atoms with Crippen LogP contribution in [0.25, 0.3) is 0 Å². The molecule has 0 unspecified atom stereocenters. The Labute approximate surface area is 84.9 Å². The molecule has 0 fully saturated rings. The zero-order chi connectivity index (χ0) is 11.3. The molecule has 0 saturated carbocycles. The van der Waals surface area contributed by atoms with E-state index in [1.54, 1.807) is 13.8 Å². The van der Waals surface area contributed by atoms with Crippen LogP contribution in [0.15, 0.2) is 0 Å². The summed E-state index contributed by atoms with van der Waals surface area (Å²) < 4.78 is 4.31. The average molecular weight is 208 g/mol. The first kappa shape index (κ1) is 9.51. The monoisotopic (exact) mass is 208 g/mol. The Hall–Kier alpha value is -2.04. The van der Waals surface area contributed by atoms with Crippen molar-refractivity contribution in [3.05, 3.63) is 22.3 Å². The average Bonchev–Trinajstić information content (AvgIpc) is 2.47. The summed E-state index contributed by atoms with van der Waals surface area (Å²) in [5.41, 5.74) is 0.219. The van der Waals surface area contributed by atoms with Gasteiger partial charge in [-0.3, -0.25) is 0 Å². The van der Waals surface area contributed by atoms with Crippen LogP contribution in [-0.2, 0) is 4.74 Å². The van der Waals surface area contributed by atoms with Crippen molar-refractivity contribution in [1.82, 2.24) is 0 Å². The van der Waals surface area contributed by atoms with Crippen LogP contribution in [0.4, 0.5) is 0 Å². The van der Waals surface area contributed by atoms with Crippen LogP contribution in [0.1, 0.15) is 31.8 Å². The molecule has 1 aromatic carbocycles. The van der Waals surface area contributed by atoms with Crippen molar-refractivity contribution in [3.63, 3.8) is 0 Å². The molecule has 5 heteroatoms. The second kappa shape index (κ2) is 2.73. The molecule has 1 aromatic rings. The summed E-state index contributed by atoms with van der Waals surface area (Å²) in [4.78, 5) is 22.4. The van der Waals surface area contributed by atoms with Gasteiger partial charge in [-0.05, 0) is 25.0 Å². The van der Waals surface area contributed by atoms with Gasteiger partial charge < -0.3 is 14.9 Å². The molecular weight excluding hydrogens is 200 g/mol. The molecule has 1 heterocycles. The van der Waals surface area contributed by atoms with Crippen LogP contribution in [0.3, 0.4) is 0 Å². The Kier molecular flexibility index (Phi) is 1.73. The lowest BCUT2D eigenvalue weighted by molar-refractivity contribution is 0.0442. The van der Waals surface area contributed by atoms with Crippen LogP contribution >= 0.6 is 0 Å². The van der Waals surface area contributed by atoms with Gasteiger partial charge in [0.2, 0.25) is 0 Å². The van der Waals surface area contributed by atoms with Gasteiger partial charge in [-0.1, -0.05) is 0 Å². The van der Waals surface area contributed by atoms with Gasteiger partial charge in [-0.25, -0.2) is 9.59 Å². The number of fused-ring (bicyclic) bond motifs is 1. The maximum atomic E-state index is 11.2. The van der Waals surface area contributed by atoms with Crippen molar-refractivity contribution in [3.8, 4) is 11.5 Å². The molecule has 0 spiro atoms. The third-order valence-electron chi connectivity index (χ3n) is 2.59. The summed E-state index contributed by atoms with van der Waals surface area (Å²) in [6.45, 7) is 3.08. The third-order valence-corrected chi connectivity index (χ3v) is 2.59. The third kappa shape index (κ3) is 1.03. The normalized spacial score (nSPS) is 14.0. The van der Waals surface area contributed by atoms with Crippen LogP contribution < -0.4 is 0 Å². The van der Waals surface area contributed by atoms with Crippen LogP contribution in [0.5, 0.6) is 11.5 Å². The second-order valence-corrected chi connectivity index (χ2v) is 3.37. The minimum Gasteiger partial charge on any atom is -0.507 e. The second-order valence-electron chi connectivity index (χ2n) is 3.37. The van der Waals surface area contributed by atoms with Crippen molar-refractivity contribution in [2.45, 2.75) is 13.8 Å².